The van der Waals surface area contributed by atoms with Crippen LogP contribution >= 0.6 is 0 Å². The molecule has 3 aromatic carbocycles. The molecule has 3 N–H and O–H groups in total. The van der Waals surface area contributed by atoms with E-state index in [4.69, 9.17) is 9.26 Å². The van der Waals surface area contributed by atoms with Gasteiger partial charge in [0.25, 0.3) is 5.91 Å². The maximum Gasteiger partial charge on any atom is 0.274 e. The summed E-state index contributed by atoms with van der Waals surface area (Å²) in [5.41, 5.74) is 5.41. The number of likely N-dealkylation sites (tertiary alicyclic amines) is 1. The van der Waals surface area contributed by atoms with Crippen molar-refractivity contribution in [1.82, 2.24) is 20.3 Å². The highest BCUT2D eigenvalue weighted by atomic mass is 16.5. The Bertz CT molecular complexity index is 1650. The third-order valence-electron chi connectivity index (χ3n) is 9.24. The van der Waals surface area contributed by atoms with E-state index in [-0.39, 0.29) is 28.9 Å². The smallest absolute Gasteiger partial charge is 0.274 e. The molecule has 2 aliphatic heterocycles. The molecule has 0 saturated carbocycles. The quantitative estimate of drug-likeness (QED) is 0.200. The molecule has 3 heterocycles. The summed E-state index contributed by atoms with van der Waals surface area (Å²) < 4.78 is 11.3. The second kappa shape index (κ2) is 14.1. The summed E-state index contributed by atoms with van der Waals surface area (Å²) >= 11 is 0. The van der Waals surface area contributed by atoms with Crippen molar-refractivity contribution in [2.75, 3.05) is 45.9 Å². The summed E-state index contributed by atoms with van der Waals surface area (Å²) in [7, 11) is 0. The molecule has 0 aliphatic carbocycles. The van der Waals surface area contributed by atoms with E-state index in [1.54, 1.807) is 6.07 Å². The SMILES string of the molecule is CCNC(=O)c1noc(-c2cc(-c3cccc(C(C)C)c3)c(O)cc2O)c1-c1ccc(CN2CCC(N3CCOCC3)CC2)cc1. The van der Waals surface area contributed by atoms with Crippen molar-refractivity contribution in [2.24, 2.45) is 0 Å². The van der Waals surface area contributed by atoms with E-state index in [2.05, 4.69) is 52.3 Å². The largest absolute Gasteiger partial charge is 0.507 e. The molecule has 2 aliphatic rings. The van der Waals surface area contributed by atoms with Gasteiger partial charge in [-0.05, 0) is 67.1 Å². The average molecular weight is 625 g/mol. The number of phenols is 2. The molecule has 0 radical (unpaired) electrons. The molecule has 0 bridgehead atoms. The lowest BCUT2D eigenvalue weighted by Gasteiger charge is -2.40. The lowest BCUT2D eigenvalue weighted by atomic mass is 9.93. The predicted octanol–water partition coefficient (Wildman–Crippen LogP) is 6.26. The molecule has 0 atom stereocenters. The van der Waals surface area contributed by atoms with Crippen LogP contribution in [0.5, 0.6) is 11.5 Å². The van der Waals surface area contributed by atoms with Gasteiger partial charge >= 0.3 is 0 Å². The molecule has 6 rings (SSSR count). The highest BCUT2D eigenvalue weighted by Crippen LogP contribution is 2.44. The fraction of sp³-hybridized carbons (Fsp3) is 0.405. The zero-order chi connectivity index (χ0) is 32.2. The number of aromatic hydroxyl groups is 2. The molecule has 242 valence electrons. The number of nitrogens with one attached hydrogen (secondary N) is 1. The van der Waals surface area contributed by atoms with Crippen LogP contribution in [-0.2, 0) is 11.3 Å². The Morgan fingerprint density at radius 3 is 2.35 bits per heavy atom. The zero-order valence-electron chi connectivity index (χ0n) is 27.0. The summed E-state index contributed by atoms with van der Waals surface area (Å²) in [4.78, 5) is 18.2. The molecular formula is C37H44N4O5. The second-order valence-electron chi connectivity index (χ2n) is 12.6. The molecule has 9 heteroatoms. The first-order valence-electron chi connectivity index (χ1n) is 16.4. The van der Waals surface area contributed by atoms with E-state index < -0.39 is 0 Å². The van der Waals surface area contributed by atoms with E-state index in [1.165, 1.54) is 11.6 Å². The van der Waals surface area contributed by atoms with Crippen LogP contribution in [0.15, 0.2) is 65.2 Å². The van der Waals surface area contributed by atoms with Gasteiger partial charge in [0.1, 0.15) is 11.5 Å². The standard InChI is InChI=1S/C37H44N4O5/c1-4-38-37(44)35-34(26-10-8-25(9-11-26)23-40-14-12-29(13-15-40)41-16-18-45-19-17-41)36(46-39-35)31-21-30(32(42)22-33(31)43)28-7-5-6-27(20-28)24(2)3/h5-11,20-22,24,29,42-43H,4,12-19,23H2,1-3H3,(H,38,44). The maximum atomic E-state index is 13.1. The van der Waals surface area contributed by atoms with Crippen molar-refractivity contribution >= 4 is 5.91 Å². The molecule has 4 aromatic rings. The third kappa shape index (κ3) is 6.82. The Morgan fingerprint density at radius 1 is 0.935 bits per heavy atom. The zero-order valence-corrected chi connectivity index (χ0v) is 27.0. The van der Waals surface area contributed by atoms with Gasteiger partial charge in [0.05, 0.1) is 24.3 Å². The van der Waals surface area contributed by atoms with Crippen LogP contribution in [0.4, 0.5) is 0 Å². The van der Waals surface area contributed by atoms with E-state index >= 15 is 0 Å². The van der Waals surface area contributed by atoms with Crippen LogP contribution in [0.3, 0.4) is 0 Å². The number of hydrogen-bond donors (Lipinski definition) is 3. The fourth-order valence-corrected chi connectivity index (χ4v) is 6.62. The lowest BCUT2D eigenvalue weighted by Crippen LogP contribution is -2.48. The van der Waals surface area contributed by atoms with Crippen molar-refractivity contribution in [2.45, 2.75) is 52.1 Å². The van der Waals surface area contributed by atoms with Gasteiger partial charge in [0.15, 0.2) is 11.5 Å². The summed E-state index contributed by atoms with van der Waals surface area (Å²) in [6, 6.07) is 19.8. The number of rotatable bonds is 9. The lowest BCUT2D eigenvalue weighted by molar-refractivity contribution is 0.000231. The van der Waals surface area contributed by atoms with E-state index in [0.717, 1.165) is 75.5 Å². The van der Waals surface area contributed by atoms with Crippen molar-refractivity contribution in [3.05, 3.63) is 77.5 Å². The van der Waals surface area contributed by atoms with E-state index in [1.807, 2.05) is 37.3 Å². The minimum Gasteiger partial charge on any atom is -0.507 e. The van der Waals surface area contributed by atoms with Crippen molar-refractivity contribution in [3.63, 3.8) is 0 Å². The first-order chi connectivity index (χ1) is 22.3. The predicted molar refractivity (Wildman–Crippen MR) is 179 cm³/mol. The molecule has 0 unspecified atom stereocenters. The first-order valence-corrected chi connectivity index (χ1v) is 16.4. The Morgan fingerprint density at radius 2 is 1.65 bits per heavy atom. The van der Waals surface area contributed by atoms with Gasteiger partial charge in [-0.3, -0.25) is 14.6 Å². The minimum absolute atomic E-state index is 0.0505. The summed E-state index contributed by atoms with van der Waals surface area (Å²) in [6.45, 7) is 13.2. The summed E-state index contributed by atoms with van der Waals surface area (Å²) in [6.07, 6.45) is 2.33. The Labute approximate surface area is 270 Å². The number of aromatic nitrogens is 1. The number of ether oxygens (including phenoxy) is 1. The van der Waals surface area contributed by atoms with Gasteiger partial charge < -0.3 is 24.8 Å². The van der Waals surface area contributed by atoms with Gasteiger partial charge in [-0.15, -0.1) is 0 Å². The van der Waals surface area contributed by atoms with Gasteiger partial charge in [-0.1, -0.05) is 67.5 Å². The molecule has 2 fully saturated rings. The van der Waals surface area contributed by atoms with Crippen LogP contribution in [0.1, 0.15) is 61.1 Å². The van der Waals surface area contributed by atoms with Crippen LogP contribution in [0, 0.1) is 0 Å². The van der Waals surface area contributed by atoms with Crippen molar-refractivity contribution < 1.29 is 24.3 Å². The molecule has 1 amide bonds. The normalized spacial score (nSPS) is 16.6. The fourth-order valence-electron chi connectivity index (χ4n) is 6.62. The van der Waals surface area contributed by atoms with Crippen molar-refractivity contribution in [1.29, 1.82) is 0 Å². The van der Waals surface area contributed by atoms with Crippen LogP contribution in [-0.4, -0.2) is 83.1 Å². The van der Waals surface area contributed by atoms with Crippen molar-refractivity contribution in [3.8, 4) is 45.1 Å². The van der Waals surface area contributed by atoms with Gasteiger partial charge in [-0.2, -0.15) is 0 Å². The highest BCUT2D eigenvalue weighted by molar-refractivity contribution is 6.03. The molecule has 9 nitrogen and oxygen atoms in total. The van der Waals surface area contributed by atoms with Crippen LogP contribution in [0.2, 0.25) is 0 Å². The number of carbonyl (C=O) groups excluding carboxylic acids is 1. The second-order valence-corrected chi connectivity index (χ2v) is 12.6. The van der Waals surface area contributed by atoms with Crippen LogP contribution in [0.25, 0.3) is 33.6 Å². The molecular weight excluding hydrogens is 580 g/mol. The first kappa shape index (κ1) is 31.8. The topological polar surface area (TPSA) is 111 Å². The molecule has 0 spiro atoms. The third-order valence-corrected chi connectivity index (χ3v) is 9.24. The summed E-state index contributed by atoms with van der Waals surface area (Å²) in [5, 5.41) is 28.9. The number of piperidine rings is 1. The van der Waals surface area contributed by atoms with Gasteiger partial charge in [0.2, 0.25) is 0 Å². The Hall–Kier alpha value is -4.18. The van der Waals surface area contributed by atoms with E-state index in [0.29, 0.717) is 35.2 Å². The number of phenolic OH excluding ortho intramolecular Hbond substituents is 2. The molecule has 1 aromatic heterocycles. The number of benzene rings is 3. The van der Waals surface area contributed by atoms with Crippen LogP contribution < -0.4 is 5.32 Å². The number of nitrogens with zero attached hydrogens (tertiary/aromatic N) is 3. The Kier molecular flexibility index (Phi) is 9.72. The number of hydrogen-bond acceptors (Lipinski definition) is 8. The minimum atomic E-state index is -0.358. The summed E-state index contributed by atoms with van der Waals surface area (Å²) in [5.74, 6) is -0.00593. The Balaban J connectivity index is 1.28. The van der Waals surface area contributed by atoms with Gasteiger partial charge in [0, 0.05) is 43.9 Å². The molecule has 46 heavy (non-hydrogen) atoms. The molecule has 2 saturated heterocycles. The number of amides is 1. The maximum absolute atomic E-state index is 13.1. The monoisotopic (exact) mass is 624 g/mol. The van der Waals surface area contributed by atoms with E-state index in [9.17, 15) is 15.0 Å². The van der Waals surface area contributed by atoms with Gasteiger partial charge in [-0.25, -0.2) is 0 Å². The number of morpholine rings is 1. The highest BCUT2D eigenvalue weighted by Gasteiger charge is 2.28. The average Bonchev–Trinajstić information content (AvgIpc) is 3.51. The number of carbonyl (C=O) groups is 1.